The first kappa shape index (κ1) is 13.2. The lowest BCUT2D eigenvalue weighted by Crippen LogP contribution is -1.97. The Hall–Kier alpha value is -1.26. The number of aryl methyl sites for hydroxylation is 1. The number of pyridine rings is 1. The average Bonchev–Trinajstić information content (AvgIpc) is 2.35. The van der Waals surface area contributed by atoms with Crippen molar-refractivity contribution in [3.63, 3.8) is 0 Å². The lowest BCUT2D eigenvalue weighted by molar-refractivity contribution is 0.415. The maximum absolute atomic E-state index is 6.13. The van der Waals surface area contributed by atoms with Gasteiger partial charge in [-0.3, -0.25) is 0 Å². The fourth-order valence-corrected chi connectivity index (χ4v) is 2.14. The first-order valence-corrected chi connectivity index (χ1v) is 6.50. The predicted octanol–water partition coefficient (Wildman–Crippen LogP) is 4.56. The molecule has 0 atom stereocenters. The lowest BCUT2D eigenvalue weighted by Gasteiger charge is -2.11. The molecule has 2 aromatic rings. The Morgan fingerprint density at radius 3 is 2.78 bits per heavy atom. The van der Waals surface area contributed by atoms with Gasteiger partial charge in [0, 0.05) is 16.7 Å². The summed E-state index contributed by atoms with van der Waals surface area (Å²) in [5.74, 6) is 1.52. The van der Waals surface area contributed by atoms with Crippen LogP contribution in [0.2, 0.25) is 5.02 Å². The number of rotatable bonds is 3. The molecular formula is C13H12BrClN2O. The van der Waals surface area contributed by atoms with Gasteiger partial charge >= 0.3 is 0 Å². The molecule has 94 valence electrons. The zero-order valence-electron chi connectivity index (χ0n) is 10.00. The van der Waals surface area contributed by atoms with Crippen molar-refractivity contribution >= 4 is 39.0 Å². The molecule has 0 spiro atoms. The van der Waals surface area contributed by atoms with E-state index in [1.54, 1.807) is 19.4 Å². The number of hydrogen-bond donors (Lipinski definition) is 1. The Bertz CT molecular complexity index is 575. The highest BCUT2D eigenvalue weighted by molar-refractivity contribution is 9.10. The molecule has 0 aliphatic rings. The molecule has 0 amide bonds. The number of benzene rings is 1. The number of methoxy groups -OCH3 is 1. The minimum atomic E-state index is 0.625. The third-order valence-corrected chi connectivity index (χ3v) is 3.23. The SMILES string of the molecule is COc1ccc(Cl)c(Nc2ncc(Br)cc2C)c1. The van der Waals surface area contributed by atoms with Crippen molar-refractivity contribution in [2.45, 2.75) is 6.92 Å². The van der Waals surface area contributed by atoms with E-state index in [1.807, 2.05) is 25.1 Å². The zero-order chi connectivity index (χ0) is 13.1. The van der Waals surface area contributed by atoms with Crippen LogP contribution < -0.4 is 10.1 Å². The van der Waals surface area contributed by atoms with Crippen LogP contribution in [0.4, 0.5) is 11.5 Å². The summed E-state index contributed by atoms with van der Waals surface area (Å²) in [5.41, 5.74) is 1.80. The standard InChI is InChI=1S/C13H12BrClN2O/c1-8-5-9(14)7-16-13(8)17-12-6-10(18-2)3-4-11(12)15/h3-7H,1-2H3,(H,16,17). The van der Waals surface area contributed by atoms with E-state index in [4.69, 9.17) is 16.3 Å². The first-order valence-electron chi connectivity index (χ1n) is 5.33. The molecule has 5 heteroatoms. The summed E-state index contributed by atoms with van der Waals surface area (Å²) < 4.78 is 6.12. The summed E-state index contributed by atoms with van der Waals surface area (Å²) in [7, 11) is 1.62. The van der Waals surface area contributed by atoms with Gasteiger partial charge in [0.15, 0.2) is 0 Å². The van der Waals surface area contributed by atoms with E-state index in [9.17, 15) is 0 Å². The number of nitrogens with one attached hydrogen (secondary N) is 1. The van der Waals surface area contributed by atoms with Crippen molar-refractivity contribution in [1.29, 1.82) is 0 Å². The first-order chi connectivity index (χ1) is 8.60. The molecular weight excluding hydrogens is 316 g/mol. The maximum atomic E-state index is 6.13. The number of ether oxygens (including phenoxy) is 1. The lowest BCUT2D eigenvalue weighted by atomic mass is 10.2. The number of halogens is 2. The minimum Gasteiger partial charge on any atom is -0.497 e. The van der Waals surface area contributed by atoms with Gasteiger partial charge in [-0.15, -0.1) is 0 Å². The van der Waals surface area contributed by atoms with E-state index in [-0.39, 0.29) is 0 Å². The molecule has 1 heterocycles. The van der Waals surface area contributed by atoms with Crippen molar-refractivity contribution < 1.29 is 4.74 Å². The van der Waals surface area contributed by atoms with Crippen LogP contribution in [0.1, 0.15) is 5.56 Å². The molecule has 3 nitrogen and oxygen atoms in total. The van der Waals surface area contributed by atoms with Crippen molar-refractivity contribution in [2.24, 2.45) is 0 Å². The van der Waals surface area contributed by atoms with Gasteiger partial charge in [-0.25, -0.2) is 4.98 Å². The van der Waals surface area contributed by atoms with E-state index in [1.165, 1.54) is 0 Å². The fraction of sp³-hybridized carbons (Fsp3) is 0.154. The molecule has 0 saturated heterocycles. The van der Waals surface area contributed by atoms with Crippen molar-refractivity contribution in [2.75, 3.05) is 12.4 Å². The molecule has 0 unspecified atom stereocenters. The number of nitrogens with zero attached hydrogens (tertiary/aromatic N) is 1. The summed E-state index contributed by atoms with van der Waals surface area (Å²) in [6.45, 7) is 1.98. The van der Waals surface area contributed by atoms with Crippen LogP contribution >= 0.6 is 27.5 Å². The van der Waals surface area contributed by atoms with Gasteiger partial charge in [0.2, 0.25) is 0 Å². The van der Waals surface area contributed by atoms with Crippen molar-refractivity contribution in [3.8, 4) is 5.75 Å². The van der Waals surface area contributed by atoms with Gasteiger partial charge in [0.1, 0.15) is 11.6 Å². The Balaban J connectivity index is 2.33. The molecule has 0 aliphatic carbocycles. The van der Waals surface area contributed by atoms with Crippen LogP contribution in [-0.4, -0.2) is 12.1 Å². The second-order valence-corrected chi connectivity index (χ2v) is 5.11. The summed E-state index contributed by atoms with van der Waals surface area (Å²) >= 11 is 9.51. The number of aromatic nitrogens is 1. The second-order valence-electron chi connectivity index (χ2n) is 3.79. The molecule has 0 saturated carbocycles. The van der Waals surface area contributed by atoms with Crippen LogP contribution in [0.5, 0.6) is 5.75 Å². The van der Waals surface area contributed by atoms with Gasteiger partial charge in [-0.05, 0) is 46.6 Å². The fourth-order valence-electron chi connectivity index (χ4n) is 1.53. The highest BCUT2D eigenvalue weighted by Crippen LogP contribution is 2.30. The van der Waals surface area contributed by atoms with Gasteiger partial charge in [0.05, 0.1) is 17.8 Å². The molecule has 0 aliphatic heterocycles. The molecule has 18 heavy (non-hydrogen) atoms. The Morgan fingerprint density at radius 1 is 1.33 bits per heavy atom. The topological polar surface area (TPSA) is 34.1 Å². The van der Waals surface area contributed by atoms with Crippen LogP contribution in [0.25, 0.3) is 0 Å². The monoisotopic (exact) mass is 326 g/mol. The van der Waals surface area contributed by atoms with E-state index < -0.39 is 0 Å². The smallest absolute Gasteiger partial charge is 0.133 e. The highest BCUT2D eigenvalue weighted by atomic mass is 79.9. The molecule has 1 aromatic carbocycles. The van der Waals surface area contributed by atoms with Gasteiger partial charge < -0.3 is 10.1 Å². The Labute approximate surface area is 119 Å². The Kier molecular flexibility index (Phi) is 4.09. The van der Waals surface area contributed by atoms with Gasteiger partial charge in [-0.1, -0.05) is 11.6 Å². The molecule has 0 radical (unpaired) electrons. The summed E-state index contributed by atoms with van der Waals surface area (Å²) in [6, 6.07) is 7.43. The minimum absolute atomic E-state index is 0.625. The summed E-state index contributed by atoms with van der Waals surface area (Å²) in [6.07, 6.45) is 1.74. The van der Waals surface area contributed by atoms with E-state index in [0.29, 0.717) is 5.02 Å². The van der Waals surface area contributed by atoms with Crippen LogP contribution in [0, 0.1) is 6.92 Å². The predicted molar refractivity (Wildman–Crippen MR) is 78.0 cm³/mol. The quantitative estimate of drug-likeness (QED) is 0.897. The molecule has 0 fully saturated rings. The zero-order valence-corrected chi connectivity index (χ0v) is 12.3. The van der Waals surface area contributed by atoms with Crippen molar-refractivity contribution in [1.82, 2.24) is 4.98 Å². The molecule has 0 bridgehead atoms. The van der Waals surface area contributed by atoms with E-state index in [2.05, 4.69) is 26.2 Å². The summed E-state index contributed by atoms with van der Waals surface area (Å²) in [5, 5.41) is 3.82. The van der Waals surface area contributed by atoms with Crippen LogP contribution in [-0.2, 0) is 0 Å². The highest BCUT2D eigenvalue weighted by Gasteiger charge is 2.06. The molecule has 2 rings (SSSR count). The van der Waals surface area contributed by atoms with Crippen LogP contribution in [0.15, 0.2) is 34.9 Å². The largest absolute Gasteiger partial charge is 0.497 e. The average molecular weight is 328 g/mol. The normalized spacial score (nSPS) is 10.2. The second kappa shape index (κ2) is 5.59. The van der Waals surface area contributed by atoms with E-state index >= 15 is 0 Å². The Morgan fingerprint density at radius 2 is 2.11 bits per heavy atom. The van der Waals surface area contributed by atoms with Crippen molar-refractivity contribution in [3.05, 3.63) is 45.5 Å². The maximum Gasteiger partial charge on any atom is 0.133 e. The van der Waals surface area contributed by atoms with Gasteiger partial charge in [0.25, 0.3) is 0 Å². The summed E-state index contributed by atoms with van der Waals surface area (Å²) in [4.78, 5) is 4.31. The number of anilines is 2. The molecule has 1 N–H and O–H groups in total. The third kappa shape index (κ3) is 2.94. The van der Waals surface area contributed by atoms with E-state index in [0.717, 1.165) is 27.3 Å². The molecule has 1 aromatic heterocycles. The third-order valence-electron chi connectivity index (χ3n) is 2.47. The van der Waals surface area contributed by atoms with Gasteiger partial charge in [-0.2, -0.15) is 0 Å². The number of hydrogen-bond acceptors (Lipinski definition) is 3. The van der Waals surface area contributed by atoms with Crippen LogP contribution in [0.3, 0.4) is 0 Å².